The molecule has 1 N–H and O–H groups in total. The van der Waals surface area contributed by atoms with Crippen LogP contribution in [0.1, 0.15) is 31.7 Å². The Balaban J connectivity index is 1.40. The molecule has 0 aromatic heterocycles. The number of nitrogens with zero attached hydrogens (tertiary/aromatic N) is 2. The van der Waals surface area contributed by atoms with Crippen molar-refractivity contribution in [2.45, 2.75) is 31.1 Å². The highest BCUT2D eigenvalue weighted by Gasteiger charge is 2.17. The van der Waals surface area contributed by atoms with E-state index < -0.39 is 10.0 Å². The fourth-order valence-corrected chi connectivity index (χ4v) is 4.57. The Morgan fingerprint density at radius 3 is 2.18 bits per heavy atom. The third-order valence-corrected chi connectivity index (χ3v) is 6.77. The Morgan fingerprint density at radius 2 is 1.57 bits per heavy atom. The number of nitrogens with one attached hydrogen (secondary N) is 1. The quantitative estimate of drug-likeness (QED) is 0.690. The number of anilines is 1. The van der Waals surface area contributed by atoms with Gasteiger partial charge in [-0.2, -0.15) is 0 Å². The summed E-state index contributed by atoms with van der Waals surface area (Å²) in [6.45, 7) is 9.62. The molecule has 0 spiro atoms. The molecular formula is C22H31N3O2S. The zero-order chi connectivity index (χ0) is 20.0. The van der Waals surface area contributed by atoms with E-state index in [-0.39, 0.29) is 0 Å². The molecule has 5 nitrogen and oxygen atoms in total. The molecule has 2 aromatic rings. The van der Waals surface area contributed by atoms with Crippen LogP contribution in [0.5, 0.6) is 0 Å². The van der Waals surface area contributed by atoms with E-state index in [1.807, 2.05) is 18.2 Å². The van der Waals surface area contributed by atoms with Crippen molar-refractivity contribution in [2.75, 3.05) is 44.2 Å². The van der Waals surface area contributed by atoms with E-state index in [0.29, 0.717) is 17.4 Å². The molecule has 1 aliphatic rings. The molecule has 1 aliphatic heterocycles. The summed E-state index contributed by atoms with van der Waals surface area (Å²) in [7, 11) is -3.43. The summed E-state index contributed by atoms with van der Waals surface area (Å²) in [6, 6.07) is 17.7. The predicted molar refractivity (Wildman–Crippen MR) is 115 cm³/mol. The highest BCUT2D eigenvalue weighted by molar-refractivity contribution is 7.89. The second-order valence-electron chi connectivity index (χ2n) is 7.64. The minimum absolute atomic E-state index is 0.341. The molecule has 2 aromatic carbocycles. The van der Waals surface area contributed by atoms with Crippen molar-refractivity contribution in [3.8, 4) is 0 Å². The Hall–Kier alpha value is -1.89. The lowest BCUT2D eigenvalue weighted by molar-refractivity contribution is 0.255. The van der Waals surface area contributed by atoms with Gasteiger partial charge in [-0.05, 0) is 48.7 Å². The van der Waals surface area contributed by atoms with Gasteiger partial charge in [0.25, 0.3) is 0 Å². The van der Waals surface area contributed by atoms with Crippen molar-refractivity contribution in [3.63, 3.8) is 0 Å². The summed E-state index contributed by atoms with van der Waals surface area (Å²) < 4.78 is 27.6. The van der Waals surface area contributed by atoms with Crippen molar-refractivity contribution in [1.82, 2.24) is 9.62 Å². The van der Waals surface area contributed by atoms with Gasteiger partial charge in [-0.15, -0.1) is 0 Å². The third-order valence-electron chi connectivity index (χ3n) is 5.29. The average Bonchev–Trinajstić information content (AvgIpc) is 2.72. The first-order valence-corrected chi connectivity index (χ1v) is 11.6. The van der Waals surface area contributed by atoms with Crippen LogP contribution in [0.25, 0.3) is 0 Å². The van der Waals surface area contributed by atoms with Gasteiger partial charge >= 0.3 is 0 Å². The molecule has 1 heterocycles. The number of hydrogen-bond acceptors (Lipinski definition) is 4. The monoisotopic (exact) mass is 401 g/mol. The van der Waals surface area contributed by atoms with E-state index in [1.165, 1.54) is 5.69 Å². The lowest BCUT2D eigenvalue weighted by Gasteiger charge is -2.36. The zero-order valence-corrected chi connectivity index (χ0v) is 17.7. The first-order valence-electron chi connectivity index (χ1n) is 10.1. The normalized spacial score (nSPS) is 15.9. The predicted octanol–water partition coefficient (Wildman–Crippen LogP) is 3.30. The van der Waals surface area contributed by atoms with Crippen LogP contribution < -0.4 is 9.62 Å². The minimum atomic E-state index is -3.43. The Morgan fingerprint density at radius 1 is 0.929 bits per heavy atom. The van der Waals surface area contributed by atoms with Gasteiger partial charge in [-0.25, -0.2) is 13.1 Å². The number of para-hydroxylation sites is 1. The number of rotatable bonds is 8. The van der Waals surface area contributed by atoms with E-state index in [1.54, 1.807) is 12.1 Å². The van der Waals surface area contributed by atoms with Crippen molar-refractivity contribution >= 4 is 15.7 Å². The maximum atomic E-state index is 12.4. The number of hydrogen-bond donors (Lipinski definition) is 1. The maximum Gasteiger partial charge on any atom is 0.240 e. The first kappa shape index (κ1) is 20.8. The molecule has 0 aliphatic carbocycles. The summed E-state index contributed by atoms with van der Waals surface area (Å²) in [5.74, 6) is 0.395. The van der Waals surface area contributed by atoms with E-state index in [0.717, 1.165) is 44.7 Å². The molecule has 0 radical (unpaired) electrons. The van der Waals surface area contributed by atoms with Crippen molar-refractivity contribution in [1.29, 1.82) is 0 Å². The van der Waals surface area contributed by atoms with Gasteiger partial charge in [-0.1, -0.05) is 44.2 Å². The summed E-state index contributed by atoms with van der Waals surface area (Å²) in [5.41, 5.74) is 2.42. The topological polar surface area (TPSA) is 52.7 Å². The number of benzene rings is 2. The van der Waals surface area contributed by atoms with Crippen LogP contribution >= 0.6 is 0 Å². The molecule has 0 saturated carbocycles. The molecule has 152 valence electrons. The molecule has 28 heavy (non-hydrogen) atoms. The van der Waals surface area contributed by atoms with Gasteiger partial charge in [0.1, 0.15) is 0 Å². The van der Waals surface area contributed by atoms with E-state index >= 15 is 0 Å². The molecule has 1 fully saturated rings. The minimum Gasteiger partial charge on any atom is -0.369 e. The van der Waals surface area contributed by atoms with E-state index in [4.69, 9.17) is 0 Å². The highest BCUT2D eigenvalue weighted by Crippen LogP contribution is 2.17. The lowest BCUT2D eigenvalue weighted by atomic mass is 10.0. The number of piperazine rings is 1. The molecule has 0 amide bonds. The van der Waals surface area contributed by atoms with Gasteiger partial charge in [0.2, 0.25) is 10.0 Å². The molecule has 0 bridgehead atoms. The summed E-state index contributed by atoms with van der Waals surface area (Å²) in [4.78, 5) is 5.15. The van der Waals surface area contributed by atoms with Crippen molar-refractivity contribution < 1.29 is 8.42 Å². The van der Waals surface area contributed by atoms with Crippen molar-refractivity contribution in [2.24, 2.45) is 0 Å². The molecule has 0 atom stereocenters. The Kier molecular flexibility index (Phi) is 7.10. The van der Waals surface area contributed by atoms with Gasteiger partial charge in [0.15, 0.2) is 0 Å². The van der Waals surface area contributed by atoms with Gasteiger partial charge < -0.3 is 4.90 Å². The van der Waals surface area contributed by atoms with Crippen LogP contribution in [-0.2, 0) is 10.0 Å². The van der Waals surface area contributed by atoms with Gasteiger partial charge in [-0.3, -0.25) is 4.90 Å². The first-order chi connectivity index (χ1) is 13.5. The van der Waals surface area contributed by atoms with Crippen LogP contribution in [0, 0.1) is 0 Å². The van der Waals surface area contributed by atoms with Crippen LogP contribution in [0.15, 0.2) is 59.5 Å². The van der Waals surface area contributed by atoms with Crippen LogP contribution in [-0.4, -0.2) is 52.6 Å². The SMILES string of the molecule is CC(C)c1ccc(S(=O)(=O)NCCCN2CCN(c3ccccc3)CC2)cc1. The maximum absolute atomic E-state index is 12.4. The molecule has 3 rings (SSSR count). The fourth-order valence-electron chi connectivity index (χ4n) is 3.49. The standard InChI is InChI=1S/C22H31N3O2S/c1-19(2)20-9-11-22(12-10-20)28(26,27)23-13-6-14-24-15-17-25(18-16-24)21-7-4-3-5-8-21/h3-5,7-12,19,23H,6,13-18H2,1-2H3. The van der Waals surface area contributed by atoms with Crippen LogP contribution in [0.3, 0.4) is 0 Å². The Bertz CT molecular complexity index is 828. The summed E-state index contributed by atoms with van der Waals surface area (Å²) >= 11 is 0. The highest BCUT2D eigenvalue weighted by atomic mass is 32.2. The number of sulfonamides is 1. The molecular weight excluding hydrogens is 370 g/mol. The van der Waals surface area contributed by atoms with E-state index in [2.05, 4.69) is 52.6 Å². The molecule has 0 unspecified atom stereocenters. The summed E-state index contributed by atoms with van der Waals surface area (Å²) in [5, 5.41) is 0. The third kappa shape index (κ3) is 5.56. The largest absolute Gasteiger partial charge is 0.369 e. The van der Waals surface area contributed by atoms with Crippen molar-refractivity contribution in [3.05, 3.63) is 60.2 Å². The lowest BCUT2D eigenvalue weighted by Crippen LogP contribution is -2.47. The van der Waals surface area contributed by atoms with Gasteiger partial charge in [0, 0.05) is 38.4 Å². The fraction of sp³-hybridized carbons (Fsp3) is 0.455. The van der Waals surface area contributed by atoms with Crippen LogP contribution in [0.4, 0.5) is 5.69 Å². The second-order valence-corrected chi connectivity index (χ2v) is 9.41. The Labute approximate surface area is 169 Å². The smallest absolute Gasteiger partial charge is 0.240 e. The van der Waals surface area contributed by atoms with Gasteiger partial charge in [0.05, 0.1) is 4.90 Å². The molecule has 1 saturated heterocycles. The molecule has 6 heteroatoms. The summed E-state index contributed by atoms with van der Waals surface area (Å²) in [6.07, 6.45) is 0.814. The zero-order valence-electron chi connectivity index (χ0n) is 16.8. The van der Waals surface area contributed by atoms with E-state index in [9.17, 15) is 8.42 Å². The average molecular weight is 402 g/mol. The van der Waals surface area contributed by atoms with Crippen LogP contribution in [0.2, 0.25) is 0 Å². The second kappa shape index (κ2) is 9.54.